The number of hydrogen-bond donors (Lipinski definition) is 0. The Kier molecular flexibility index (Phi) is 6.70. The summed E-state index contributed by atoms with van der Waals surface area (Å²) < 4.78 is 0. The Hall–Kier alpha value is -0.573. The van der Waals surface area contributed by atoms with E-state index in [0.29, 0.717) is 10.6 Å². The van der Waals surface area contributed by atoms with Crippen molar-refractivity contribution in [3.63, 3.8) is 0 Å². The topological polar surface area (TPSA) is 17.1 Å². The summed E-state index contributed by atoms with van der Waals surface area (Å²) in [6.07, 6.45) is 0. The Labute approximate surface area is 146 Å². The Bertz CT molecular complexity index is 645. The van der Waals surface area contributed by atoms with Crippen LogP contribution in [0.25, 0.3) is 0 Å². The molecule has 0 aromatic heterocycles. The van der Waals surface area contributed by atoms with Crippen LogP contribution >= 0.6 is 20.2 Å². The Morgan fingerprint density at radius 3 is 2.14 bits per heavy atom. The van der Waals surface area contributed by atoms with Gasteiger partial charge in [-0.05, 0) is 64.3 Å². The molecule has 0 bridgehead atoms. The van der Waals surface area contributed by atoms with Crippen LogP contribution in [-0.4, -0.2) is 5.52 Å². The summed E-state index contributed by atoms with van der Waals surface area (Å²) in [5.74, 6) is 0. The van der Waals surface area contributed by atoms with Gasteiger partial charge in [-0.25, -0.2) is 0 Å². The first kappa shape index (κ1) is 18.5. The molecule has 0 fully saturated rings. The molecule has 2 aromatic rings. The second-order valence-corrected chi connectivity index (χ2v) is 6.77. The van der Waals surface area contributed by atoms with Crippen molar-refractivity contribution in [2.45, 2.75) is 27.7 Å². The van der Waals surface area contributed by atoms with E-state index in [1.54, 1.807) is 6.07 Å². The molecule has 1 nitrogen and oxygen atoms in total. The summed E-state index contributed by atoms with van der Waals surface area (Å²) in [5, 5.41) is 1.69. The number of carbonyl (C=O) groups is 1. The quantitative estimate of drug-likeness (QED) is 0.624. The summed E-state index contributed by atoms with van der Waals surface area (Å²) in [7, 11) is 0.119. The fraction of sp³-hybridized carbons (Fsp3) is 0.235. The largest absolute Gasteiger partial charge is 1.00 e. The van der Waals surface area contributed by atoms with Crippen LogP contribution in [0.4, 0.5) is 0 Å². The molecule has 2 aromatic carbocycles. The Morgan fingerprint density at radius 2 is 1.62 bits per heavy atom. The van der Waals surface area contributed by atoms with Gasteiger partial charge in [-0.3, -0.25) is 4.79 Å². The third-order valence-corrected chi connectivity index (χ3v) is 5.20. The van der Waals surface area contributed by atoms with Gasteiger partial charge >= 0.3 is 18.9 Å². The van der Waals surface area contributed by atoms with E-state index in [1.807, 2.05) is 19.1 Å². The number of aryl methyl sites for hydroxylation is 4. The Balaban J connectivity index is 0.00000220. The van der Waals surface area contributed by atoms with E-state index >= 15 is 0 Å². The first-order chi connectivity index (χ1) is 9.40. The molecule has 0 spiro atoms. The maximum Gasteiger partial charge on any atom is 1.00 e. The zero-order chi connectivity index (χ0) is 14.9. The molecule has 4 heteroatoms. The minimum absolute atomic E-state index is 0. The van der Waals surface area contributed by atoms with Gasteiger partial charge in [-0.1, -0.05) is 41.4 Å². The van der Waals surface area contributed by atoms with Crippen molar-refractivity contribution in [2.75, 3.05) is 0 Å². The van der Waals surface area contributed by atoms with Gasteiger partial charge in [-0.15, -0.1) is 0 Å². The summed E-state index contributed by atoms with van der Waals surface area (Å²) in [6, 6.07) is 9.84. The fourth-order valence-electron chi connectivity index (χ4n) is 2.47. The predicted octanol–water partition coefficient (Wildman–Crippen LogP) is 1.83. The van der Waals surface area contributed by atoms with Gasteiger partial charge in [0.25, 0.3) is 0 Å². The van der Waals surface area contributed by atoms with Crippen LogP contribution in [0.3, 0.4) is 0 Å². The standard InChI is InChI=1S/C17H18ClOP.Li.H/c1-10-8-12(3)16(13(4)9-10)20-17(19)15-11(2)6-5-7-14(15)18;;/h5-9,20H,1-4H3;;/q;+1;-1. The molecular formula is C17H19ClLiOP. The van der Waals surface area contributed by atoms with Gasteiger partial charge < -0.3 is 1.43 Å². The van der Waals surface area contributed by atoms with Crippen LogP contribution in [0.15, 0.2) is 30.3 Å². The maximum absolute atomic E-state index is 12.6. The summed E-state index contributed by atoms with van der Waals surface area (Å²) >= 11 is 6.18. The molecule has 0 N–H and O–H groups in total. The molecule has 0 heterocycles. The van der Waals surface area contributed by atoms with Crippen molar-refractivity contribution in [3.05, 3.63) is 63.2 Å². The maximum atomic E-state index is 12.6. The molecule has 1 unspecified atom stereocenters. The summed E-state index contributed by atoms with van der Waals surface area (Å²) in [6.45, 7) is 8.13. The molecule has 21 heavy (non-hydrogen) atoms. The third kappa shape index (κ3) is 4.21. The first-order valence-corrected chi connectivity index (χ1v) is 7.92. The van der Waals surface area contributed by atoms with Crippen molar-refractivity contribution in [2.24, 2.45) is 0 Å². The predicted molar refractivity (Wildman–Crippen MR) is 90.2 cm³/mol. The minimum Gasteiger partial charge on any atom is -1.00 e. The van der Waals surface area contributed by atoms with Crippen LogP contribution in [0.2, 0.25) is 5.02 Å². The molecule has 2 rings (SSSR count). The van der Waals surface area contributed by atoms with E-state index < -0.39 is 0 Å². The van der Waals surface area contributed by atoms with Crippen molar-refractivity contribution in [3.8, 4) is 0 Å². The molecular weight excluding hydrogens is 294 g/mol. The van der Waals surface area contributed by atoms with E-state index in [4.69, 9.17) is 11.6 Å². The zero-order valence-electron chi connectivity index (χ0n) is 14.2. The van der Waals surface area contributed by atoms with E-state index in [9.17, 15) is 4.79 Å². The van der Waals surface area contributed by atoms with Crippen LogP contribution in [-0.2, 0) is 0 Å². The first-order valence-electron chi connectivity index (χ1n) is 6.54. The van der Waals surface area contributed by atoms with Crippen molar-refractivity contribution < 1.29 is 25.1 Å². The smallest absolute Gasteiger partial charge is 1.00 e. The van der Waals surface area contributed by atoms with Gasteiger partial charge in [0.15, 0.2) is 5.52 Å². The van der Waals surface area contributed by atoms with Crippen molar-refractivity contribution >= 4 is 31.0 Å². The molecule has 0 radical (unpaired) electrons. The van der Waals surface area contributed by atoms with E-state index in [0.717, 1.165) is 10.9 Å². The third-order valence-electron chi connectivity index (χ3n) is 3.36. The fourth-order valence-corrected chi connectivity index (χ4v) is 4.08. The van der Waals surface area contributed by atoms with Crippen LogP contribution in [0.5, 0.6) is 0 Å². The summed E-state index contributed by atoms with van der Waals surface area (Å²) in [5.41, 5.74) is 5.31. The second kappa shape index (κ2) is 7.62. The molecule has 1 atom stereocenters. The monoisotopic (exact) mass is 312 g/mol. The van der Waals surface area contributed by atoms with Gasteiger partial charge in [0.1, 0.15) is 0 Å². The van der Waals surface area contributed by atoms with Gasteiger partial charge in [-0.2, -0.15) is 0 Å². The van der Waals surface area contributed by atoms with Crippen LogP contribution < -0.4 is 24.2 Å². The number of hydrogen-bond acceptors (Lipinski definition) is 1. The molecule has 0 amide bonds. The van der Waals surface area contributed by atoms with Gasteiger partial charge in [0, 0.05) is 5.56 Å². The summed E-state index contributed by atoms with van der Waals surface area (Å²) in [4.78, 5) is 12.6. The van der Waals surface area contributed by atoms with Crippen LogP contribution in [0.1, 0.15) is 34.0 Å². The van der Waals surface area contributed by atoms with E-state index in [-0.39, 0.29) is 34.4 Å². The number of carbonyl (C=O) groups excluding carboxylic acids is 1. The molecule has 106 valence electrons. The van der Waals surface area contributed by atoms with Gasteiger partial charge in [0.05, 0.1) is 5.02 Å². The van der Waals surface area contributed by atoms with E-state index in [1.165, 1.54) is 16.7 Å². The molecule has 0 saturated heterocycles. The second-order valence-electron chi connectivity index (χ2n) is 5.16. The van der Waals surface area contributed by atoms with Crippen molar-refractivity contribution in [1.82, 2.24) is 0 Å². The molecule has 0 aliphatic heterocycles. The average molecular weight is 313 g/mol. The van der Waals surface area contributed by atoms with Crippen LogP contribution in [0, 0.1) is 27.7 Å². The molecule has 0 aliphatic rings. The SMILES string of the molecule is Cc1cc(C)c(PC(=O)c2c(C)cccc2Cl)c(C)c1.[H-].[Li+]. The molecule has 0 saturated carbocycles. The normalized spacial score (nSPS) is 10.7. The Morgan fingerprint density at radius 1 is 1.05 bits per heavy atom. The molecule has 0 aliphatic carbocycles. The minimum atomic E-state index is 0. The number of halogens is 1. The average Bonchev–Trinajstić information content (AvgIpc) is 2.33. The zero-order valence-corrected chi connectivity index (χ0v) is 14.9. The van der Waals surface area contributed by atoms with E-state index in [2.05, 4.69) is 32.9 Å². The van der Waals surface area contributed by atoms with Crippen molar-refractivity contribution in [1.29, 1.82) is 0 Å². The van der Waals surface area contributed by atoms with Gasteiger partial charge in [0.2, 0.25) is 0 Å². The number of rotatable bonds is 3. The number of benzene rings is 2.